The van der Waals surface area contributed by atoms with Crippen molar-refractivity contribution in [1.82, 2.24) is 0 Å². The molecule has 0 aromatic heterocycles. The summed E-state index contributed by atoms with van der Waals surface area (Å²) < 4.78 is 9.53. The van der Waals surface area contributed by atoms with E-state index in [1.807, 2.05) is 0 Å². The molecule has 4 nitrogen and oxygen atoms in total. The highest BCUT2D eigenvalue weighted by atomic mass is 16.6. The predicted octanol–water partition coefficient (Wildman–Crippen LogP) is 1.25. The molecule has 0 saturated heterocycles. The minimum absolute atomic E-state index is 0.147. The fourth-order valence-corrected chi connectivity index (χ4v) is 1.12. The Bertz CT molecular complexity index is 304. The van der Waals surface area contributed by atoms with Crippen molar-refractivity contribution in [3.63, 3.8) is 0 Å². The average Bonchev–Trinajstić information content (AvgIpc) is 2.21. The lowest BCUT2D eigenvalue weighted by Crippen LogP contribution is -2.15. The van der Waals surface area contributed by atoms with E-state index in [-0.39, 0.29) is 5.75 Å². The molecule has 0 aliphatic rings. The van der Waals surface area contributed by atoms with Crippen molar-refractivity contribution in [2.24, 2.45) is 0 Å². The molecule has 0 spiro atoms. The lowest BCUT2D eigenvalue weighted by atomic mass is 10.1. The van der Waals surface area contributed by atoms with Crippen molar-refractivity contribution >= 4 is 5.97 Å². The van der Waals surface area contributed by atoms with E-state index in [2.05, 4.69) is 4.74 Å². The van der Waals surface area contributed by atoms with Crippen LogP contribution in [0.1, 0.15) is 11.7 Å². The number of hydrogen-bond donors (Lipinski definition) is 1. The number of phenolic OH excluding ortho intramolecular Hbond substituents is 1. The standard InChI is InChI=1S/C10H12O4/c1-13-9(10(12)14-2)7-3-5-8(11)6-4-7/h3-6,9,11H,1-2H3/t9-/m1/s1. The SMILES string of the molecule is COC(=O)[C@H](OC)c1ccc(O)cc1. The van der Waals surface area contributed by atoms with E-state index >= 15 is 0 Å². The van der Waals surface area contributed by atoms with Crippen LogP contribution in [-0.2, 0) is 14.3 Å². The first-order chi connectivity index (χ1) is 6.69. The van der Waals surface area contributed by atoms with Crippen LogP contribution in [0.5, 0.6) is 5.75 Å². The van der Waals surface area contributed by atoms with Gasteiger partial charge in [-0.05, 0) is 17.7 Å². The Morgan fingerprint density at radius 2 is 1.86 bits per heavy atom. The second-order valence-corrected chi connectivity index (χ2v) is 2.73. The minimum Gasteiger partial charge on any atom is -0.508 e. The summed E-state index contributed by atoms with van der Waals surface area (Å²) >= 11 is 0. The number of hydrogen-bond acceptors (Lipinski definition) is 4. The zero-order chi connectivity index (χ0) is 10.6. The van der Waals surface area contributed by atoms with Gasteiger partial charge in [-0.15, -0.1) is 0 Å². The molecule has 1 atom stereocenters. The zero-order valence-electron chi connectivity index (χ0n) is 8.06. The lowest BCUT2D eigenvalue weighted by Gasteiger charge is -2.12. The van der Waals surface area contributed by atoms with Gasteiger partial charge in [-0.25, -0.2) is 4.79 Å². The molecule has 14 heavy (non-hydrogen) atoms. The van der Waals surface area contributed by atoms with Crippen molar-refractivity contribution in [1.29, 1.82) is 0 Å². The van der Waals surface area contributed by atoms with Gasteiger partial charge in [0, 0.05) is 7.11 Å². The third-order valence-electron chi connectivity index (χ3n) is 1.85. The number of carbonyl (C=O) groups is 1. The molecule has 1 N–H and O–H groups in total. The maximum atomic E-state index is 11.2. The molecule has 0 amide bonds. The number of methoxy groups -OCH3 is 2. The highest BCUT2D eigenvalue weighted by Crippen LogP contribution is 2.20. The van der Waals surface area contributed by atoms with Crippen LogP contribution < -0.4 is 0 Å². The van der Waals surface area contributed by atoms with E-state index in [1.54, 1.807) is 12.1 Å². The van der Waals surface area contributed by atoms with E-state index in [0.29, 0.717) is 5.56 Å². The molecule has 1 aromatic rings. The van der Waals surface area contributed by atoms with E-state index in [9.17, 15) is 4.79 Å². The molecule has 1 aromatic carbocycles. The molecule has 76 valence electrons. The maximum Gasteiger partial charge on any atom is 0.339 e. The number of rotatable bonds is 3. The number of benzene rings is 1. The first kappa shape index (κ1) is 10.5. The van der Waals surface area contributed by atoms with Crippen molar-refractivity contribution in [3.8, 4) is 5.75 Å². The molecule has 0 heterocycles. The highest BCUT2D eigenvalue weighted by Gasteiger charge is 2.20. The van der Waals surface area contributed by atoms with E-state index < -0.39 is 12.1 Å². The number of phenols is 1. The van der Waals surface area contributed by atoms with Crippen molar-refractivity contribution in [3.05, 3.63) is 29.8 Å². The summed E-state index contributed by atoms with van der Waals surface area (Å²) in [5.74, 6) is -0.313. The van der Waals surface area contributed by atoms with Crippen LogP contribution in [-0.4, -0.2) is 25.3 Å². The van der Waals surface area contributed by atoms with Crippen LogP contribution in [0.4, 0.5) is 0 Å². The van der Waals surface area contributed by atoms with Crippen LogP contribution in [0.25, 0.3) is 0 Å². The van der Waals surface area contributed by atoms with Crippen molar-refractivity contribution in [2.45, 2.75) is 6.10 Å². The first-order valence-electron chi connectivity index (χ1n) is 4.08. The third-order valence-corrected chi connectivity index (χ3v) is 1.85. The minimum atomic E-state index is -0.736. The molecule has 0 fully saturated rings. The predicted molar refractivity (Wildman–Crippen MR) is 49.9 cm³/mol. The van der Waals surface area contributed by atoms with Crippen LogP contribution in [0.3, 0.4) is 0 Å². The van der Waals surface area contributed by atoms with Crippen LogP contribution >= 0.6 is 0 Å². The summed E-state index contributed by atoms with van der Waals surface area (Å²) in [4.78, 5) is 11.2. The molecule has 4 heteroatoms. The van der Waals surface area contributed by atoms with E-state index in [0.717, 1.165) is 0 Å². The molecule has 0 bridgehead atoms. The number of esters is 1. The Labute approximate surface area is 82.1 Å². The first-order valence-corrected chi connectivity index (χ1v) is 4.08. The maximum absolute atomic E-state index is 11.2. The topological polar surface area (TPSA) is 55.8 Å². The average molecular weight is 196 g/mol. The van der Waals surface area contributed by atoms with Gasteiger partial charge in [0.15, 0.2) is 6.10 Å². The van der Waals surface area contributed by atoms with Gasteiger partial charge in [-0.2, -0.15) is 0 Å². The van der Waals surface area contributed by atoms with Crippen LogP contribution in [0.2, 0.25) is 0 Å². The Morgan fingerprint density at radius 1 is 1.29 bits per heavy atom. The highest BCUT2D eigenvalue weighted by molar-refractivity contribution is 5.76. The summed E-state index contributed by atoms with van der Waals surface area (Å²) in [7, 11) is 2.73. The van der Waals surface area contributed by atoms with Crippen LogP contribution in [0, 0.1) is 0 Å². The quantitative estimate of drug-likeness (QED) is 0.739. The smallest absolute Gasteiger partial charge is 0.339 e. The Kier molecular flexibility index (Phi) is 3.48. The van der Waals surface area contributed by atoms with Gasteiger partial charge >= 0.3 is 5.97 Å². The van der Waals surface area contributed by atoms with Crippen LogP contribution in [0.15, 0.2) is 24.3 Å². The summed E-state index contributed by atoms with van der Waals surface area (Å²) in [5.41, 5.74) is 0.650. The molecule has 0 aliphatic heterocycles. The van der Waals surface area contributed by atoms with Crippen molar-refractivity contribution in [2.75, 3.05) is 14.2 Å². The van der Waals surface area contributed by atoms with Gasteiger partial charge in [0.1, 0.15) is 5.75 Å². The summed E-state index contributed by atoms with van der Waals surface area (Å²) in [6.07, 6.45) is -0.736. The molecular weight excluding hydrogens is 184 g/mol. The number of carbonyl (C=O) groups excluding carboxylic acids is 1. The van der Waals surface area contributed by atoms with E-state index in [4.69, 9.17) is 9.84 Å². The summed E-state index contributed by atoms with van der Waals surface area (Å²) in [6.45, 7) is 0. The monoisotopic (exact) mass is 196 g/mol. The summed E-state index contributed by atoms with van der Waals surface area (Å²) in [5, 5.41) is 9.05. The fraction of sp³-hybridized carbons (Fsp3) is 0.300. The van der Waals surface area contributed by atoms with Crippen molar-refractivity contribution < 1.29 is 19.4 Å². The van der Waals surface area contributed by atoms with Gasteiger partial charge in [-0.1, -0.05) is 12.1 Å². The molecule has 0 aliphatic carbocycles. The molecular formula is C10H12O4. The molecule has 1 rings (SSSR count). The normalized spacial score (nSPS) is 12.1. The van der Waals surface area contributed by atoms with Gasteiger partial charge < -0.3 is 14.6 Å². The van der Waals surface area contributed by atoms with Gasteiger partial charge in [-0.3, -0.25) is 0 Å². The largest absolute Gasteiger partial charge is 0.508 e. The van der Waals surface area contributed by atoms with Gasteiger partial charge in [0.25, 0.3) is 0 Å². The molecule has 0 saturated carbocycles. The second-order valence-electron chi connectivity index (χ2n) is 2.73. The van der Waals surface area contributed by atoms with Gasteiger partial charge in [0.05, 0.1) is 7.11 Å². The lowest BCUT2D eigenvalue weighted by molar-refractivity contribution is -0.152. The Balaban J connectivity index is 2.89. The molecule has 0 radical (unpaired) electrons. The number of aromatic hydroxyl groups is 1. The Hall–Kier alpha value is -1.55. The zero-order valence-corrected chi connectivity index (χ0v) is 8.06. The number of ether oxygens (including phenoxy) is 2. The molecule has 0 unspecified atom stereocenters. The summed E-state index contributed by atoms with van der Waals surface area (Å²) in [6, 6.07) is 6.20. The van der Waals surface area contributed by atoms with Gasteiger partial charge in [0.2, 0.25) is 0 Å². The second kappa shape index (κ2) is 4.62. The Morgan fingerprint density at radius 3 is 2.29 bits per heavy atom. The fourth-order valence-electron chi connectivity index (χ4n) is 1.12. The van der Waals surface area contributed by atoms with E-state index in [1.165, 1.54) is 26.4 Å². The third kappa shape index (κ3) is 2.23.